The van der Waals surface area contributed by atoms with E-state index in [2.05, 4.69) is 22.5 Å². The van der Waals surface area contributed by atoms with Gasteiger partial charge in [0, 0.05) is 18.4 Å². The molecule has 0 radical (unpaired) electrons. The summed E-state index contributed by atoms with van der Waals surface area (Å²) in [6, 6.07) is 8.16. The molecule has 4 rings (SSSR count). The van der Waals surface area contributed by atoms with E-state index in [-0.39, 0.29) is 0 Å². The predicted octanol–water partition coefficient (Wildman–Crippen LogP) is 2.75. The van der Waals surface area contributed by atoms with Crippen LogP contribution < -0.4 is 5.73 Å². The molecule has 1 atom stereocenters. The predicted molar refractivity (Wildman–Crippen MR) is 76.9 cm³/mol. The molecule has 1 aromatic carbocycles. The number of nitrogens with zero attached hydrogens (tertiary/aromatic N) is 3. The molecule has 0 saturated heterocycles. The van der Waals surface area contributed by atoms with Crippen molar-refractivity contribution in [2.24, 2.45) is 5.92 Å². The first kappa shape index (κ1) is 10.8. The monoisotopic (exact) mass is 252 g/mol. The Hall–Kier alpha value is -2.10. The zero-order valence-electron chi connectivity index (χ0n) is 10.9. The van der Waals surface area contributed by atoms with E-state index in [9.17, 15) is 0 Å². The summed E-state index contributed by atoms with van der Waals surface area (Å²) in [7, 11) is 0. The summed E-state index contributed by atoms with van der Waals surface area (Å²) in [5, 5.41) is 1.15. The van der Waals surface area contributed by atoms with E-state index in [1.54, 1.807) is 0 Å². The van der Waals surface area contributed by atoms with Crippen LogP contribution in [-0.2, 0) is 13.0 Å². The number of anilines is 1. The minimum absolute atomic E-state index is 0.545. The zero-order chi connectivity index (χ0) is 13.0. The quantitative estimate of drug-likeness (QED) is 0.669. The van der Waals surface area contributed by atoms with E-state index < -0.39 is 0 Å². The van der Waals surface area contributed by atoms with Crippen molar-refractivity contribution in [1.29, 1.82) is 0 Å². The third-order valence-electron chi connectivity index (χ3n) is 4.04. The van der Waals surface area contributed by atoms with Gasteiger partial charge in [-0.3, -0.25) is 0 Å². The molecule has 3 aromatic rings. The van der Waals surface area contributed by atoms with Crippen LogP contribution in [0.4, 0.5) is 5.82 Å². The smallest absolute Gasteiger partial charge is 0.152 e. The number of benzene rings is 1. The lowest BCUT2D eigenvalue weighted by atomic mass is 10.0. The number of fused-ring (bicyclic) bond motifs is 5. The van der Waals surface area contributed by atoms with Crippen molar-refractivity contribution in [2.75, 3.05) is 5.73 Å². The summed E-state index contributed by atoms with van der Waals surface area (Å²) >= 11 is 0. The maximum atomic E-state index is 6.08. The minimum atomic E-state index is 0.545. The maximum absolute atomic E-state index is 6.08. The molecule has 3 heterocycles. The van der Waals surface area contributed by atoms with Gasteiger partial charge in [0.2, 0.25) is 0 Å². The molecule has 0 saturated carbocycles. The van der Waals surface area contributed by atoms with Crippen molar-refractivity contribution in [3.63, 3.8) is 0 Å². The van der Waals surface area contributed by atoms with Crippen LogP contribution in [0.3, 0.4) is 0 Å². The second-order valence-corrected chi connectivity index (χ2v) is 5.49. The molecule has 0 spiro atoms. The molecule has 1 aliphatic rings. The Labute approximate surface area is 111 Å². The van der Waals surface area contributed by atoms with Gasteiger partial charge in [-0.05, 0) is 18.4 Å². The van der Waals surface area contributed by atoms with Gasteiger partial charge in [0.25, 0.3) is 0 Å². The van der Waals surface area contributed by atoms with Gasteiger partial charge in [-0.2, -0.15) is 0 Å². The number of nitrogen functional groups attached to an aromatic ring is 1. The molecule has 0 aliphatic carbocycles. The number of aryl methyl sites for hydroxylation is 1. The first-order valence-corrected chi connectivity index (χ1v) is 6.77. The van der Waals surface area contributed by atoms with Crippen molar-refractivity contribution < 1.29 is 0 Å². The number of hydrogen-bond donors (Lipinski definition) is 1. The molecule has 0 bridgehead atoms. The summed E-state index contributed by atoms with van der Waals surface area (Å²) in [5.74, 6) is 2.39. The van der Waals surface area contributed by atoms with Crippen LogP contribution in [-0.4, -0.2) is 14.5 Å². The third-order valence-corrected chi connectivity index (χ3v) is 4.04. The van der Waals surface area contributed by atoms with E-state index in [1.165, 1.54) is 6.42 Å². The molecule has 96 valence electrons. The van der Waals surface area contributed by atoms with Crippen molar-refractivity contribution >= 4 is 27.8 Å². The lowest BCUT2D eigenvalue weighted by Gasteiger charge is -2.21. The normalized spacial score (nSPS) is 18.9. The van der Waals surface area contributed by atoms with Crippen molar-refractivity contribution in [3.05, 3.63) is 30.1 Å². The Morgan fingerprint density at radius 3 is 3.00 bits per heavy atom. The standard InChI is InChI=1S/C15H16N4/c1-9-6-7-12-18-13-14(19(12)8-9)10-4-2-3-5-11(10)17-15(13)16/h2-5,9H,6-8H2,1H3,(H2,16,17). The molecule has 19 heavy (non-hydrogen) atoms. The lowest BCUT2D eigenvalue weighted by molar-refractivity contribution is 0.401. The lowest BCUT2D eigenvalue weighted by Crippen LogP contribution is -2.17. The van der Waals surface area contributed by atoms with E-state index in [0.717, 1.165) is 40.7 Å². The fraction of sp³-hybridized carbons (Fsp3) is 0.333. The summed E-state index contributed by atoms with van der Waals surface area (Å²) < 4.78 is 2.34. The van der Waals surface area contributed by atoms with Gasteiger partial charge in [0.15, 0.2) is 5.82 Å². The summed E-state index contributed by atoms with van der Waals surface area (Å²) in [6.07, 6.45) is 2.23. The van der Waals surface area contributed by atoms with Gasteiger partial charge in [-0.1, -0.05) is 25.1 Å². The Balaban J connectivity index is 2.18. The van der Waals surface area contributed by atoms with E-state index >= 15 is 0 Å². The highest BCUT2D eigenvalue weighted by Gasteiger charge is 2.22. The molecule has 4 heteroatoms. The maximum Gasteiger partial charge on any atom is 0.152 e. The number of rotatable bonds is 0. The highest BCUT2D eigenvalue weighted by molar-refractivity contribution is 6.06. The number of para-hydroxylation sites is 1. The van der Waals surface area contributed by atoms with Gasteiger partial charge in [-0.15, -0.1) is 0 Å². The molecule has 1 aliphatic heterocycles. The first-order chi connectivity index (χ1) is 9.24. The number of hydrogen-bond acceptors (Lipinski definition) is 3. The molecule has 2 aromatic heterocycles. The Bertz CT molecular complexity index is 788. The highest BCUT2D eigenvalue weighted by Crippen LogP contribution is 2.32. The van der Waals surface area contributed by atoms with Crippen LogP contribution in [0.15, 0.2) is 24.3 Å². The molecule has 1 unspecified atom stereocenters. The van der Waals surface area contributed by atoms with Gasteiger partial charge < -0.3 is 10.3 Å². The number of aromatic nitrogens is 3. The Morgan fingerprint density at radius 1 is 1.26 bits per heavy atom. The van der Waals surface area contributed by atoms with Gasteiger partial charge in [0.05, 0.1) is 11.0 Å². The molecule has 2 N–H and O–H groups in total. The highest BCUT2D eigenvalue weighted by atomic mass is 15.1. The average Bonchev–Trinajstić information content (AvgIpc) is 2.78. The third kappa shape index (κ3) is 1.46. The number of nitrogens with two attached hydrogens (primary N) is 1. The Kier molecular flexibility index (Phi) is 2.10. The zero-order valence-corrected chi connectivity index (χ0v) is 10.9. The van der Waals surface area contributed by atoms with Crippen LogP contribution in [0.1, 0.15) is 19.2 Å². The second-order valence-electron chi connectivity index (χ2n) is 5.49. The van der Waals surface area contributed by atoms with E-state index in [1.807, 2.05) is 18.2 Å². The summed E-state index contributed by atoms with van der Waals surface area (Å²) in [6.45, 7) is 3.32. The summed E-state index contributed by atoms with van der Waals surface area (Å²) in [4.78, 5) is 9.18. The molecule has 0 fully saturated rings. The largest absolute Gasteiger partial charge is 0.382 e. The SMILES string of the molecule is CC1CCc2nc3c(N)nc4ccccc4c3n2C1. The molecular weight excluding hydrogens is 236 g/mol. The van der Waals surface area contributed by atoms with Gasteiger partial charge >= 0.3 is 0 Å². The van der Waals surface area contributed by atoms with Crippen LogP contribution in [0, 0.1) is 5.92 Å². The number of pyridine rings is 1. The fourth-order valence-corrected chi connectivity index (χ4v) is 3.07. The van der Waals surface area contributed by atoms with Crippen LogP contribution in [0.2, 0.25) is 0 Å². The fourth-order valence-electron chi connectivity index (χ4n) is 3.07. The minimum Gasteiger partial charge on any atom is -0.382 e. The topological polar surface area (TPSA) is 56.7 Å². The first-order valence-electron chi connectivity index (χ1n) is 6.77. The number of imidazole rings is 1. The Morgan fingerprint density at radius 2 is 2.11 bits per heavy atom. The second kappa shape index (κ2) is 3.70. The van der Waals surface area contributed by atoms with Gasteiger partial charge in [0.1, 0.15) is 11.3 Å². The average molecular weight is 252 g/mol. The van der Waals surface area contributed by atoms with Crippen LogP contribution >= 0.6 is 0 Å². The van der Waals surface area contributed by atoms with Crippen LogP contribution in [0.25, 0.3) is 21.9 Å². The van der Waals surface area contributed by atoms with Crippen LogP contribution in [0.5, 0.6) is 0 Å². The van der Waals surface area contributed by atoms with Gasteiger partial charge in [-0.25, -0.2) is 9.97 Å². The van der Waals surface area contributed by atoms with E-state index in [0.29, 0.717) is 11.7 Å². The van der Waals surface area contributed by atoms with E-state index in [4.69, 9.17) is 10.7 Å². The molecule has 4 nitrogen and oxygen atoms in total. The van der Waals surface area contributed by atoms with Crippen molar-refractivity contribution in [3.8, 4) is 0 Å². The molecule has 0 amide bonds. The van der Waals surface area contributed by atoms with Crippen molar-refractivity contribution in [2.45, 2.75) is 26.3 Å². The molecular formula is C15H16N4. The van der Waals surface area contributed by atoms with Crippen molar-refractivity contribution in [1.82, 2.24) is 14.5 Å². The summed E-state index contributed by atoms with van der Waals surface area (Å²) in [5.41, 5.74) is 9.06.